The molecule has 3 aromatic heterocycles. The molecule has 0 N–H and O–H groups in total. The van der Waals surface area contributed by atoms with Gasteiger partial charge in [-0.05, 0) is 43.7 Å². The molecule has 0 aliphatic carbocycles. The van der Waals surface area contributed by atoms with Crippen LogP contribution in [0.5, 0.6) is 0 Å². The van der Waals surface area contributed by atoms with Crippen molar-refractivity contribution >= 4 is 5.65 Å². The predicted molar refractivity (Wildman–Crippen MR) is 98.4 cm³/mol. The first kappa shape index (κ1) is 16.4. The van der Waals surface area contributed by atoms with E-state index in [1.54, 1.807) is 18.3 Å². The second-order valence-electron chi connectivity index (χ2n) is 6.40. The average Bonchev–Trinajstić information content (AvgIpc) is 3.22. The predicted octanol–water partition coefficient (Wildman–Crippen LogP) is 4.04. The van der Waals surface area contributed by atoms with Crippen molar-refractivity contribution in [2.45, 2.75) is 33.2 Å². The molecule has 0 saturated carbocycles. The fourth-order valence-electron chi connectivity index (χ4n) is 3.20. The van der Waals surface area contributed by atoms with E-state index in [0.29, 0.717) is 6.54 Å². The summed E-state index contributed by atoms with van der Waals surface area (Å²) in [5, 5.41) is 4.74. The second-order valence-corrected chi connectivity index (χ2v) is 6.40. The lowest BCUT2D eigenvalue weighted by Gasteiger charge is -2.08. The molecular weight excluding hydrogens is 329 g/mol. The zero-order chi connectivity index (χ0) is 18.1. The van der Waals surface area contributed by atoms with E-state index in [1.807, 2.05) is 34.5 Å². The van der Waals surface area contributed by atoms with E-state index < -0.39 is 0 Å². The third kappa shape index (κ3) is 2.98. The maximum Gasteiger partial charge on any atom is 0.158 e. The van der Waals surface area contributed by atoms with Gasteiger partial charge in [0, 0.05) is 35.4 Å². The molecule has 4 aromatic rings. The van der Waals surface area contributed by atoms with Crippen LogP contribution in [0.25, 0.3) is 17.0 Å². The molecule has 132 valence electrons. The number of hydrogen-bond acceptors (Lipinski definition) is 3. The molecule has 26 heavy (non-hydrogen) atoms. The van der Waals surface area contributed by atoms with E-state index in [1.165, 1.54) is 17.7 Å². The first-order chi connectivity index (χ1) is 12.7. The van der Waals surface area contributed by atoms with Crippen LogP contribution in [0, 0.1) is 12.7 Å². The molecule has 0 fully saturated rings. The van der Waals surface area contributed by atoms with Crippen LogP contribution < -0.4 is 0 Å². The molecule has 0 bridgehead atoms. The highest BCUT2D eigenvalue weighted by Gasteiger charge is 2.16. The molecule has 0 amide bonds. The number of halogens is 1. The SMILES string of the molecule is CCCc1c(Cn2ccnc2-c2ccc(F)cc2)nn2ccc(C)nc12. The standard InChI is InChI=1S/C20H20FN5/c1-3-4-17-18(24-26-11-9-14(2)23-20(17)26)13-25-12-10-22-19(25)15-5-7-16(21)8-6-15/h5-12H,3-4,13H2,1-2H3. The molecule has 0 unspecified atom stereocenters. The molecule has 0 aliphatic rings. The van der Waals surface area contributed by atoms with E-state index in [0.717, 1.165) is 41.3 Å². The Labute approximate surface area is 151 Å². The number of imidazole rings is 1. The first-order valence-corrected chi connectivity index (χ1v) is 8.76. The van der Waals surface area contributed by atoms with Crippen LogP contribution in [0.15, 0.2) is 48.9 Å². The lowest BCUT2D eigenvalue weighted by molar-refractivity contribution is 0.628. The van der Waals surface area contributed by atoms with Gasteiger partial charge in [-0.25, -0.2) is 18.9 Å². The highest BCUT2D eigenvalue weighted by Crippen LogP contribution is 2.22. The van der Waals surface area contributed by atoms with E-state index >= 15 is 0 Å². The van der Waals surface area contributed by atoms with Gasteiger partial charge in [-0.1, -0.05) is 13.3 Å². The molecule has 0 radical (unpaired) electrons. The van der Waals surface area contributed by atoms with Gasteiger partial charge < -0.3 is 4.57 Å². The molecule has 0 atom stereocenters. The summed E-state index contributed by atoms with van der Waals surface area (Å²) in [5.41, 5.74) is 4.95. The van der Waals surface area contributed by atoms with E-state index in [9.17, 15) is 4.39 Å². The maximum atomic E-state index is 13.2. The summed E-state index contributed by atoms with van der Waals surface area (Å²) in [6.07, 6.45) is 7.59. The Morgan fingerprint density at radius 3 is 2.65 bits per heavy atom. The lowest BCUT2D eigenvalue weighted by Crippen LogP contribution is -2.04. The van der Waals surface area contributed by atoms with Gasteiger partial charge in [0.1, 0.15) is 11.6 Å². The fourth-order valence-corrected chi connectivity index (χ4v) is 3.20. The van der Waals surface area contributed by atoms with Gasteiger partial charge >= 0.3 is 0 Å². The Bertz CT molecular complexity index is 1050. The minimum Gasteiger partial charge on any atom is -0.325 e. The molecule has 5 nitrogen and oxygen atoms in total. The normalized spacial score (nSPS) is 11.3. The average molecular weight is 349 g/mol. The summed E-state index contributed by atoms with van der Waals surface area (Å²) >= 11 is 0. The summed E-state index contributed by atoms with van der Waals surface area (Å²) in [6.45, 7) is 4.75. The van der Waals surface area contributed by atoms with Gasteiger partial charge in [-0.3, -0.25) is 0 Å². The van der Waals surface area contributed by atoms with Gasteiger partial charge in [0.25, 0.3) is 0 Å². The van der Waals surface area contributed by atoms with Gasteiger partial charge in [-0.2, -0.15) is 5.10 Å². The first-order valence-electron chi connectivity index (χ1n) is 8.76. The number of aryl methyl sites for hydroxylation is 2. The highest BCUT2D eigenvalue weighted by molar-refractivity contribution is 5.56. The molecule has 3 heterocycles. The molecule has 4 rings (SSSR count). The minimum absolute atomic E-state index is 0.251. The van der Waals surface area contributed by atoms with Crippen LogP contribution in [0.4, 0.5) is 4.39 Å². The topological polar surface area (TPSA) is 48.0 Å². The van der Waals surface area contributed by atoms with Crippen molar-refractivity contribution in [1.29, 1.82) is 0 Å². The molecular formula is C20H20FN5. The van der Waals surface area contributed by atoms with Gasteiger partial charge in [0.2, 0.25) is 0 Å². The third-order valence-electron chi connectivity index (χ3n) is 4.44. The largest absolute Gasteiger partial charge is 0.325 e. The summed E-state index contributed by atoms with van der Waals surface area (Å²) in [5.74, 6) is 0.549. The maximum absolute atomic E-state index is 13.2. The van der Waals surface area contributed by atoms with Crippen LogP contribution in [0.2, 0.25) is 0 Å². The number of fused-ring (bicyclic) bond motifs is 1. The van der Waals surface area contributed by atoms with Crippen molar-refractivity contribution < 1.29 is 4.39 Å². The Hall–Kier alpha value is -3.02. The summed E-state index contributed by atoms with van der Waals surface area (Å²) in [6, 6.07) is 8.36. The van der Waals surface area contributed by atoms with Crippen LogP contribution in [0.1, 0.15) is 30.3 Å². The van der Waals surface area contributed by atoms with Gasteiger partial charge in [0.15, 0.2) is 5.65 Å². The summed E-state index contributed by atoms with van der Waals surface area (Å²) in [7, 11) is 0. The number of rotatable bonds is 5. The lowest BCUT2D eigenvalue weighted by atomic mass is 10.1. The van der Waals surface area contributed by atoms with Crippen molar-refractivity contribution in [3.05, 3.63) is 71.7 Å². The Kier molecular flexibility index (Phi) is 4.24. The molecule has 0 saturated heterocycles. The van der Waals surface area contributed by atoms with Crippen molar-refractivity contribution in [2.24, 2.45) is 0 Å². The number of benzene rings is 1. The number of hydrogen-bond donors (Lipinski definition) is 0. The van der Waals surface area contributed by atoms with E-state index in [2.05, 4.69) is 16.9 Å². The van der Waals surface area contributed by atoms with Crippen molar-refractivity contribution in [1.82, 2.24) is 24.1 Å². The van der Waals surface area contributed by atoms with E-state index in [4.69, 9.17) is 5.10 Å². The van der Waals surface area contributed by atoms with Gasteiger partial charge in [-0.15, -0.1) is 0 Å². The third-order valence-corrected chi connectivity index (χ3v) is 4.44. The second kappa shape index (κ2) is 6.71. The van der Waals surface area contributed by atoms with Crippen LogP contribution in [0.3, 0.4) is 0 Å². The monoisotopic (exact) mass is 349 g/mol. The Morgan fingerprint density at radius 1 is 1.08 bits per heavy atom. The summed E-state index contributed by atoms with van der Waals surface area (Å²) in [4.78, 5) is 9.11. The van der Waals surface area contributed by atoms with Crippen LogP contribution >= 0.6 is 0 Å². The Morgan fingerprint density at radius 2 is 1.88 bits per heavy atom. The summed E-state index contributed by atoms with van der Waals surface area (Å²) < 4.78 is 17.1. The van der Waals surface area contributed by atoms with Crippen LogP contribution in [-0.4, -0.2) is 24.1 Å². The van der Waals surface area contributed by atoms with Crippen LogP contribution in [-0.2, 0) is 13.0 Å². The molecule has 6 heteroatoms. The smallest absolute Gasteiger partial charge is 0.158 e. The van der Waals surface area contributed by atoms with Crippen molar-refractivity contribution in [3.63, 3.8) is 0 Å². The highest BCUT2D eigenvalue weighted by atomic mass is 19.1. The number of aromatic nitrogens is 5. The number of nitrogens with zero attached hydrogens (tertiary/aromatic N) is 5. The minimum atomic E-state index is -0.251. The molecule has 0 aliphatic heterocycles. The van der Waals surface area contributed by atoms with E-state index in [-0.39, 0.29) is 5.82 Å². The van der Waals surface area contributed by atoms with Crippen molar-refractivity contribution in [2.75, 3.05) is 0 Å². The molecule has 1 aromatic carbocycles. The Balaban J connectivity index is 1.75. The van der Waals surface area contributed by atoms with Crippen molar-refractivity contribution in [3.8, 4) is 11.4 Å². The zero-order valence-electron chi connectivity index (χ0n) is 14.9. The zero-order valence-corrected chi connectivity index (χ0v) is 14.9. The van der Waals surface area contributed by atoms with Gasteiger partial charge in [0.05, 0.1) is 12.2 Å². The fraction of sp³-hybridized carbons (Fsp3) is 0.250. The quantitative estimate of drug-likeness (QED) is 0.546. The molecule has 0 spiro atoms.